The van der Waals surface area contributed by atoms with E-state index < -0.39 is 0 Å². The van der Waals surface area contributed by atoms with Crippen molar-refractivity contribution in [1.29, 1.82) is 0 Å². The first-order valence-electron chi connectivity index (χ1n) is 5.97. The van der Waals surface area contributed by atoms with E-state index in [0.29, 0.717) is 12.1 Å². The molecule has 15 heavy (non-hydrogen) atoms. The lowest BCUT2D eigenvalue weighted by molar-refractivity contribution is -0.145. The summed E-state index contributed by atoms with van der Waals surface area (Å²) >= 11 is 0. The molecule has 2 N–H and O–H groups in total. The van der Waals surface area contributed by atoms with Crippen LogP contribution in [0.4, 0.5) is 0 Å². The molecule has 0 heterocycles. The molecule has 3 heteroatoms. The van der Waals surface area contributed by atoms with Crippen molar-refractivity contribution in [2.75, 3.05) is 20.2 Å². The Morgan fingerprint density at radius 3 is 2.53 bits per heavy atom. The van der Waals surface area contributed by atoms with Gasteiger partial charge in [-0.15, -0.1) is 0 Å². The van der Waals surface area contributed by atoms with Crippen LogP contribution < -0.4 is 5.73 Å². The third-order valence-corrected chi connectivity index (χ3v) is 3.60. The van der Waals surface area contributed by atoms with Crippen molar-refractivity contribution in [3.8, 4) is 0 Å². The van der Waals surface area contributed by atoms with Gasteiger partial charge in [-0.2, -0.15) is 0 Å². The molecule has 1 fully saturated rings. The predicted molar refractivity (Wildman–Crippen MR) is 63.9 cm³/mol. The molecule has 3 atom stereocenters. The fraction of sp³-hybridized carbons (Fsp3) is 1.00. The number of likely N-dealkylation sites (N-methyl/N-ethyl adjacent to an activating group) is 1. The molecule has 0 amide bonds. The van der Waals surface area contributed by atoms with E-state index in [1.807, 2.05) is 0 Å². The van der Waals surface area contributed by atoms with Crippen LogP contribution in [0.2, 0.25) is 0 Å². The first-order valence-corrected chi connectivity index (χ1v) is 5.97. The fourth-order valence-corrected chi connectivity index (χ4v) is 2.68. The Morgan fingerprint density at radius 2 is 2.13 bits per heavy atom. The van der Waals surface area contributed by atoms with E-state index in [1.54, 1.807) is 0 Å². The van der Waals surface area contributed by atoms with E-state index in [9.17, 15) is 0 Å². The van der Waals surface area contributed by atoms with E-state index in [1.165, 1.54) is 0 Å². The van der Waals surface area contributed by atoms with Crippen LogP contribution in [-0.4, -0.2) is 43.3 Å². The average molecular weight is 214 g/mol. The number of nitrogens with two attached hydrogens (primary N) is 1. The largest absolute Gasteiger partial charge is 0.378 e. The first kappa shape index (κ1) is 12.9. The van der Waals surface area contributed by atoms with E-state index in [0.717, 1.165) is 19.6 Å². The van der Waals surface area contributed by atoms with Gasteiger partial charge in [-0.1, -0.05) is 13.8 Å². The van der Waals surface area contributed by atoms with Crippen molar-refractivity contribution < 1.29 is 4.74 Å². The summed E-state index contributed by atoms with van der Waals surface area (Å²) in [5.74, 6) is 0. The Kier molecular flexibility index (Phi) is 4.15. The molecule has 90 valence electrons. The molecule has 0 radical (unpaired) electrons. The lowest BCUT2D eigenvalue weighted by Gasteiger charge is -2.55. The Bertz CT molecular complexity index is 204. The third kappa shape index (κ3) is 2.71. The topological polar surface area (TPSA) is 38.5 Å². The molecular formula is C12H26N2O. The van der Waals surface area contributed by atoms with Crippen molar-refractivity contribution in [3.05, 3.63) is 0 Å². The van der Waals surface area contributed by atoms with Crippen molar-refractivity contribution in [3.63, 3.8) is 0 Å². The zero-order valence-corrected chi connectivity index (χ0v) is 10.8. The highest BCUT2D eigenvalue weighted by Gasteiger charge is 2.50. The van der Waals surface area contributed by atoms with Crippen molar-refractivity contribution in [2.24, 2.45) is 11.1 Å². The molecular weight excluding hydrogens is 188 g/mol. The molecule has 3 nitrogen and oxygen atoms in total. The normalized spacial score (nSPS) is 31.4. The second-order valence-electron chi connectivity index (χ2n) is 5.43. The van der Waals surface area contributed by atoms with Gasteiger partial charge < -0.3 is 15.4 Å². The third-order valence-electron chi connectivity index (χ3n) is 3.60. The fourth-order valence-electron chi connectivity index (χ4n) is 2.68. The standard InChI is InChI=1S/C12H26N2O/c1-6-15-11-7-10(12(11,3)4)14(5)8-9(2)13/h9-11H,6-8,13H2,1-5H3. The lowest BCUT2D eigenvalue weighted by atomic mass is 9.64. The smallest absolute Gasteiger partial charge is 0.0655 e. The molecule has 1 aliphatic carbocycles. The van der Waals surface area contributed by atoms with Gasteiger partial charge in [0.2, 0.25) is 0 Å². The average Bonchev–Trinajstić information content (AvgIpc) is 2.10. The van der Waals surface area contributed by atoms with Gasteiger partial charge in [-0.3, -0.25) is 0 Å². The Labute approximate surface area is 94.0 Å². The van der Waals surface area contributed by atoms with Gasteiger partial charge in [0, 0.05) is 30.7 Å². The summed E-state index contributed by atoms with van der Waals surface area (Å²) < 4.78 is 5.72. The zero-order chi connectivity index (χ0) is 11.6. The van der Waals surface area contributed by atoms with Gasteiger partial charge >= 0.3 is 0 Å². The van der Waals surface area contributed by atoms with Crippen LogP contribution in [0.15, 0.2) is 0 Å². The van der Waals surface area contributed by atoms with Crippen LogP contribution in [0, 0.1) is 5.41 Å². The maximum absolute atomic E-state index is 5.82. The maximum atomic E-state index is 5.82. The molecule has 1 saturated carbocycles. The summed E-state index contributed by atoms with van der Waals surface area (Å²) in [7, 11) is 2.16. The SMILES string of the molecule is CCOC1CC(N(C)CC(C)N)C1(C)C. The molecule has 0 spiro atoms. The van der Waals surface area contributed by atoms with Gasteiger partial charge in [0.15, 0.2) is 0 Å². The second kappa shape index (κ2) is 4.81. The highest BCUT2D eigenvalue weighted by molar-refractivity contribution is 5.03. The molecule has 0 aliphatic heterocycles. The quantitative estimate of drug-likeness (QED) is 0.753. The van der Waals surface area contributed by atoms with Gasteiger partial charge in [-0.25, -0.2) is 0 Å². The van der Waals surface area contributed by atoms with Gasteiger partial charge in [0.1, 0.15) is 0 Å². The zero-order valence-electron chi connectivity index (χ0n) is 10.8. The van der Waals surface area contributed by atoms with Crippen LogP contribution >= 0.6 is 0 Å². The van der Waals surface area contributed by atoms with E-state index in [4.69, 9.17) is 10.5 Å². The van der Waals surface area contributed by atoms with E-state index in [-0.39, 0.29) is 11.5 Å². The molecule has 3 unspecified atom stereocenters. The highest BCUT2D eigenvalue weighted by atomic mass is 16.5. The number of nitrogens with zero attached hydrogens (tertiary/aromatic N) is 1. The van der Waals surface area contributed by atoms with Crippen LogP contribution in [0.1, 0.15) is 34.1 Å². The summed E-state index contributed by atoms with van der Waals surface area (Å²) in [5.41, 5.74) is 6.08. The van der Waals surface area contributed by atoms with E-state index >= 15 is 0 Å². The van der Waals surface area contributed by atoms with Crippen LogP contribution in [-0.2, 0) is 4.74 Å². The van der Waals surface area contributed by atoms with Crippen molar-refractivity contribution in [1.82, 2.24) is 4.90 Å². The van der Waals surface area contributed by atoms with Crippen LogP contribution in [0.3, 0.4) is 0 Å². The van der Waals surface area contributed by atoms with E-state index in [2.05, 4.69) is 39.6 Å². The second-order valence-corrected chi connectivity index (χ2v) is 5.43. The minimum Gasteiger partial charge on any atom is -0.378 e. The van der Waals surface area contributed by atoms with Crippen molar-refractivity contribution in [2.45, 2.75) is 52.3 Å². The summed E-state index contributed by atoms with van der Waals surface area (Å²) in [6.07, 6.45) is 1.56. The number of ether oxygens (including phenoxy) is 1. The van der Waals surface area contributed by atoms with Crippen LogP contribution in [0.25, 0.3) is 0 Å². The Morgan fingerprint density at radius 1 is 1.53 bits per heavy atom. The minimum absolute atomic E-state index is 0.247. The summed E-state index contributed by atoms with van der Waals surface area (Å²) in [6.45, 7) is 10.5. The molecule has 1 aliphatic rings. The van der Waals surface area contributed by atoms with Gasteiger partial charge in [-0.05, 0) is 27.3 Å². The minimum atomic E-state index is 0.247. The van der Waals surface area contributed by atoms with Gasteiger partial charge in [0.05, 0.1) is 6.10 Å². The Balaban J connectivity index is 2.46. The number of hydrogen-bond donors (Lipinski definition) is 1. The van der Waals surface area contributed by atoms with Crippen molar-refractivity contribution >= 4 is 0 Å². The summed E-state index contributed by atoms with van der Waals surface area (Å²) in [4.78, 5) is 2.38. The molecule has 0 saturated heterocycles. The molecule has 0 aromatic carbocycles. The first-order chi connectivity index (χ1) is 6.89. The van der Waals surface area contributed by atoms with Gasteiger partial charge in [0.25, 0.3) is 0 Å². The monoisotopic (exact) mass is 214 g/mol. The number of hydrogen-bond acceptors (Lipinski definition) is 3. The maximum Gasteiger partial charge on any atom is 0.0655 e. The summed E-state index contributed by atoms with van der Waals surface area (Å²) in [5, 5.41) is 0. The summed E-state index contributed by atoms with van der Waals surface area (Å²) in [6, 6.07) is 0.858. The molecule has 0 aromatic rings. The Hall–Kier alpha value is -0.120. The molecule has 1 rings (SSSR count). The highest BCUT2D eigenvalue weighted by Crippen LogP contribution is 2.45. The molecule has 0 bridgehead atoms. The molecule has 0 aromatic heterocycles. The predicted octanol–water partition coefficient (Wildman–Crippen LogP) is 1.47. The number of rotatable bonds is 5. The lowest BCUT2D eigenvalue weighted by Crippen LogP contribution is -2.62. The van der Waals surface area contributed by atoms with Crippen LogP contribution in [0.5, 0.6) is 0 Å².